The highest BCUT2D eigenvalue weighted by molar-refractivity contribution is 5.94. The van der Waals surface area contributed by atoms with Gasteiger partial charge in [-0.15, -0.1) is 0 Å². The van der Waals surface area contributed by atoms with Crippen molar-refractivity contribution in [3.63, 3.8) is 0 Å². The van der Waals surface area contributed by atoms with E-state index in [2.05, 4.69) is 0 Å². The van der Waals surface area contributed by atoms with E-state index in [1.165, 1.54) is 49.6 Å². The van der Waals surface area contributed by atoms with E-state index in [-0.39, 0.29) is 23.6 Å². The van der Waals surface area contributed by atoms with E-state index >= 15 is 0 Å². The Morgan fingerprint density at radius 3 is 2.52 bits per heavy atom. The number of hydrogen-bond donors (Lipinski definition) is 0. The quantitative estimate of drug-likeness (QED) is 0.345. The van der Waals surface area contributed by atoms with Crippen molar-refractivity contribution >= 4 is 17.7 Å². The Labute approximate surface area is 143 Å². The Kier molecular flexibility index (Phi) is 5.84. The van der Waals surface area contributed by atoms with Crippen LogP contribution in [0.2, 0.25) is 0 Å². The summed E-state index contributed by atoms with van der Waals surface area (Å²) in [6.45, 7) is 1.50. The Hall–Kier alpha value is -3.22. The number of carbonyl (C=O) groups is 1. The normalized spacial score (nSPS) is 11.1. The predicted molar refractivity (Wildman–Crippen MR) is 89.7 cm³/mol. The van der Waals surface area contributed by atoms with Crippen molar-refractivity contribution in [1.29, 1.82) is 0 Å². The summed E-state index contributed by atoms with van der Waals surface area (Å²) in [6.07, 6.45) is 1.48. The SMILES string of the molecule is COC(=O)/C(=C\c1ccc(F)cc1)COc1ccc(C)cc1[N+](=O)[O-]. The largest absolute Gasteiger partial charge is 0.482 e. The molecule has 0 unspecified atom stereocenters. The molecule has 0 saturated carbocycles. The zero-order chi connectivity index (χ0) is 18.4. The number of benzene rings is 2. The molecule has 2 aromatic carbocycles. The Morgan fingerprint density at radius 1 is 1.24 bits per heavy atom. The van der Waals surface area contributed by atoms with Crippen molar-refractivity contribution in [3.8, 4) is 5.75 Å². The standard InChI is InChI=1S/C18H16FNO5/c1-12-3-8-17(16(9-12)20(22)23)25-11-14(18(21)24-2)10-13-4-6-15(19)7-5-13/h3-10H,11H2,1-2H3/b14-10-. The molecule has 0 fully saturated rings. The van der Waals surface area contributed by atoms with Gasteiger partial charge in [-0.05, 0) is 42.3 Å². The highest BCUT2D eigenvalue weighted by atomic mass is 19.1. The first-order valence-electron chi connectivity index (χ1n) is 7.33. The molecule has 0 aliphatic carbocycles. The third kappa shape index (κ3) is 4.87. The number of hydrogen-bond acceptors (Lipinski definition) is 5. The molecular formula is C18H16FNO5. The van der Waals surface area contributed by atoms with E-state index in [1.54, 1.807) is 13.0 Å². The van der Waals surface area contributed by atoms with Gasteiger partial charge in [-0.2, -0.15) is 0 Å². The van der Waals surface area contributed by atoms with Gasteiger partial charge >= 0.3 is 11.7 Å². The topological polar surface area (TPSA) is 78.7 Å². The van der Waals surface area contributed by atoms with E-state index in [0.717, 1.165) is 0 Å². The maximum absolute atomic E-state index is 13.0. The summed E-state index contributed by atoms with van der Waals surface area (Å²) in [4.78, 5) is 22.5. The fraction of sp³-hybridized carbons (Fsp3) is 0.167. The van der Waals surface area contributed by atoms with Crippen molar-refractivity contribution in [2.45, 2.75) is 6.92 Å². The summed E-state index contributed by atoms with van der Waals surface area (Å²) in [6, 6.07) is 10.0. The first kappa shape index (κ1) is 18.1. The minimum Gasteiger partial charge on any atom is -0.482 e. The van der Waals surface area contributed by atoms with Crippen LogP contribution < -0.4 is 4.74 Å². The lowest BCUT2D eigenvalue weighted by atomic mass is 10.1. The van der Waals surface area contributed by atoms with Gasteiger partial charge in [0, 0.05) is 6.07 Å². The molecule has 0 aliphatic rings. The molecule has 0 atom stereocenters. The molecule has 0 aromatic heterocycles. The molecule has 0 spiro atoms. The number of nitro benzene ring substituents is 1. The molecule has 0 bridgehead atoms. The molecule has 0 radical (unpaired) electrons. The molecular weight excluding hydrogens is 329 g/mol. The van der Waals surface area contributed by atoms with Gasteiger partial charge < -0.3 is 9.47 Å². The number of carbonyl (C=O) groups excluding carboxylic acids is 1. The van der Waals surface area contributed by atoms with E-state index in [4.69, 9.17) is 9.47 Å². The second-order valence-electron chi connectivity index (χ2n) is 5.23. The first-order chi connectivity index (χ1) is 11.9. The Morgan fingerprint density at radius 2 is 1.92 bits per heavy atom. The number of nitrogens with zero attached hydrogens (tertiary/aromatic N) is 1. The lowest BCUT2D eigenvalue weighted by Gasteiger charge is -2.09. The lowest BCUT2D eigenvalue weighted by Crippen LogP contribution is -2.13. The van der Waals surface area contributed by atoms with Crippen LogP contribution >= 0.6 is 0 Å². The van der Waals surface area contributed by atoms with Crippen LogP contribution in [0.25, 0.3) is 6.08 Å². The smallest absolute Gasteiger partial charge is 0.337 e. The van der Waals surface area contributed by atoms with Crippen LogP contribution in [-0.2, 0) is 9.53 Å². The average Bonchev–Trinajstić information content (AvgIpc) is 2.60. The lowest BCUT2D eigenvalue weighted by molar-refractivity contribution is -0.385. The fourth-order valence-electron chi connectivity index (χ4n) is 2.10. The van der Waals surface area contributed by atoms with Gasteiger partial charge in [-0.1, -0.05) is 18.2 Å². The summed E-state index contributed by atoms with van der Waals surface area (Å²) in [5, 5.41) is 11.1. The van der Waals surface area contributed by atoms with Crippen molar-refractivity contribution in [2.75, 3.05) is 13.7 Å². The number of halogens is 1. The molecule has 0 N–H and O–H groups in total. The molecule has 130 valence electrons. The van der Waals surface area contributed by atoms with Gasteiger partial charge in [-0.3, -0.25) is 10.1 Å². The summed E-state index contributed by atoms with van der Waals surface area (Å²) in [5.74, 6) is -0.994. The maximum atomic E-state index is 13.0. The van der Waals surface area contributed by atoms with E-state index in [0.29, 0.717) is 11.1 Å². The Balaban J connectivity index is 2.26. The van der Waals surface area contributed by atoms with E-state index in [9.17, 15) is 19.3 Å². The number of methoxy groups -OCH3 is 1. The predicted octanol–water partition coefficient (Wildman–Crippen LogP) is 3.68. The third-order valence-corrected chi connectivity index (χ3v) is 3.35. The van der Waals surface area contributed by atoms with Crippen LogP contribution in [0.4, 0.5) is 10.1 Å². The summed E-state index contributed by atoms with van der Waals surface area (Å²) in [5.41, 5.74) is 1.24. The van der Waals surface area contributed by atoms with Crippen LogP contribution in [0.15, 0.2) is 48.0 Å². The number of nitro groups is 1. The van der Waals surface area contributed by atoms with Gasteiger partial charge in [0.25, 0.3) is 0 Å². The van der Waals surface area contributed by atoms with Gasteiger partial charge in [0.05, 0.1) is 17.6 Å². The molecule has 0 heterocycles. The molecule has 0 saturated heterocycles. The monoisotopic (exact) mass is 345 g/mol. The van der Waals surface area contributed by atoms with Crippen molar-refractivity contribution in [1.82, 2.24) is 0 Å². The fourth-order valence-corrected chi connectivity index (χ4v) is 2.10. The number of ether oxygens (including phenoxy) is 2. The highest BCUT2D eigenvalue weighted by Gasteiger charge is 2.17. The van der Waals surface area contributed by atoms with Crippen molar-refractivity contribution in [3.05, 3.63) is 75.1 Å². The zero-order valence-corrected chi connectivity index (χ0v) is 13.7. The minimum absolute atomic E-state index is 0.0458. The molecule has 6 nitrogen and oxygen atoms in total. The van der Waals surface area contributed by atoms with Crippen LogP contribution in [-0.4, -0.2) is 24.6 Å². The highest BCUT2D eigenvalue weighted by Crippen LogP contribution is 2.28. The second-order valence-corrected chi connectivity index (χ2v) is 5.23. The molecule has 2 aromatic rings. The van der Waals surface area contributed by atoms with Gasteiger partial charge in [0.15, 0.2) is 5.75 Å². The number of esters is 1. The maximum Gasteiger partial charge on any atom is 0.337 e. The molecule has 0 amide bonds. The molecule has 25 heavy (non-hydrogen) atoms. The van der Waals surface area contributed by atoms with E-state index < -0.39 is 16.7 Å². The minimum atomic E-state index is -0.640. The van der Waals surface area contributed by atoms with Crippen LogP contribution in [0.3, 0.4) is 0 Å². The summed E-state index contributed by atoms with van der Waals surface area (Å²) < 4.78 is 23.1. The number of rotatable bonds is 6. The van der Waals surface area contributed by atoms with Crippen LogP contribution in [0.1, 0.15) is 11.1 Å². The number of aryl methyl sites for hydroxylation is 1. The molecule has 7 heteroatoms. The second kappa shape index (κ2) is 8.05. The van der Waals surface area contributed by atoms with Crippen LogP contribution in [0.5, 0.6) is 5.75 Å². The molecule has 2 rings (SSSR count). The van der Waals surface area contributed by atoms with E-state index in [1.807, 2.05) is 0 Å². The summed E-state index contributed by atoms with van der Waals surface area (Å²) >= 11 is 0. The van der Waals surface area contributed by atoms with Crippen LogP contribution in [0, 0.1) is 22.9 Å². The van der Waals surface area contributed by atoms with Crippen molar-refractivity contribution < 1.29 is 23.6 Å². The van der Waals surface area contributed by atoms with Gasteiger partial charge in [0.1, 0.15) is 12.4 Å². The molecule has 0 aliphatic heterocycles. The Bertz CT molecular complexity index is 815. The third-order valence-electron chi connectivity index (χ3n) is 3.35. The average molecular weight is 345 g/mol. The zero-order valence-electron chi connectivity index (χ0n) is 13.7. The van der Waals surface area contributed by atoms with Crippen molar-refractivity contribution in [2.24, 2.45) is 0 Å². The summed E-state index contributed by atoms with van der Waals surface area (Å²) in [7, 11) is 1.22. The van der Waals surface area contributed by atoms with Gasteiger partial charge in [0.2, 0.25) is 0 Å². The van der Waals surface area contributed by atoms with Gasteiger partial charge in [-0.25, -0.2) is 9.18 Å². The first-order valence-corrected chi connectivity index (χ1v) is 7.33.